The molecule has 5 rings (SSSR count). The van der Waals surface area contributed by atoms with Gasteiger partial charge in [0.1, 0.15) is 0 Å². The number of hydrogen-bond acceptors (Lipinski definition) is 0. The van der Waals surface area contributed by atoms with Crippen LogP contribution in [0.25, 0.3) is 33.4 Å². The zero-order chi connectivity index (χ0) is 19.3. The molecule has 0 bridgehead atoms. The maximum atomic E-state index is 3.51. The minimum Gasteiger partial charge on any atom is -0.0619 e. The smallest absolute Gasteiger partial charge is 0.0175 e. The quantitative estimate of drug-likeness (QED) is 0.304. The highest BCUT2D eigenvalue weighted by Crippen LogP contribution is 2.51. The molecule has 0 heterocycles. The summed E-state index contributed by atoms with van der Waals surface area (Å²) < 4.78 is 1.11. The fourth-order valence-electron chi connectivity index (χ4n) is 4.57. The summed E-state index contributed by atoms with van der Waals surface area (Å²) in [5.41, 5.74) is 10.7. The van der Waals surface area contributed by atoms with Gasteiger partial charge in [0, 0.05) is 9.89 Å². The van der Waals surface area contributed by atoms with E-state index in [2.05, 4.69) is 121 Å². The monoisotopic (exact) mass is 424 g/mol. The van der Waals surface area contributed by atoms with Crippen LogP contribution in [0.15, 0.2) is 95.5 Å². The summed E-state index contributed by atoms with van der Waals surface area (Å²) >= 11 is 3.51. The van der Waals surface area contributed by atoms with Gasteiger partial charge in [0.15, 0.2) is 0 Å². The zero-order valence-electron chi connectivity index (χ0n) is 16.0. The topological polar surface area (TPSA) is 0 Å². The summed E-state index contributed by atoms with van der Waals surface area (Å²) in [5.74, 6) is 0. The van der Waals surface area contributed by atoms with Gasteiger partial charge in [-0.25, -0.2) is 0 Å². The summed E-state index contributed by atoms with van der Waals surface area (Å²) in [4.78, 5) is 0. The second kappa shape index (κ2) is 6.46. The predicted molar refractivity (Wildman–Crippen MR) is 123 cm³/mol. The van der Waals surface area contributed by atoms with Crippen LogP contribution >= 0.6 is 15.9 Å². The maximum Gasteiger partial charge on any atom is 0.0175 e. The molecule has 0 spiro atoms. The van der Waals surface area contributed by atoms with E-state index in [0.29, 0.717) is 0 Å². The van der Waals surface area contributed by atoms with Crippen molar-refractivity contribution in [2.45, 2.75) is 19.3 Å². The Labute approximate surface area is 175 Å². The van der Waals surface area contributed by atoms with Crippen molar-refractivity contribution in [3.63, 3.8) is 0 Å². The van der Waals surface area contributed by atoms with Gasteiger partial charge >= 0.3 is 0 Å². The average molecular weight is 425 g/mol. The molecular weight excluding hydrogens is 404 g/mol. The maximum absolute atomic E-state index is 3.51. The number of halogens is 1. The van der Waals surface area contributed by atoms with Crippen molar-refractivity contribution in [3.05, 3.63) is 107 Å². The molecule has 0 saturated heterocycles. The molecule has 0 atom stereocenters. The molecule has 0 unspecified atom stereocenters. The Bertz CT molecular complexity index is 1170. The van der Waals surface area contributed by atoms with Crippen molar-refractivity contribution in [2.75, 3.05) is 0 Å². The Morgan fingerprint density at radius 1 is 0.536 bits per heavy atom. The van der Waals surface area contributed by atoms with Crippen molar-refractivity contribution < 1.29 is 0 Å². The van der Waals surface area contributed by atoms with Crippen LogP contribution in [0.2, 0.25) is 0 Å². The third-order valence-electron chi connectivity index (χ3n) is 5.95. The first-order valence-corrected chi connectivity index (χ1v) is 10.4. The first kappa shape index (κ1) is 17.5. The molecule has 0 saturated carbocycles. The van der Waals surface area contributed by atoms with Gasteiger partial charge in [-0.05, 0) is 56.6 Å². The van der Waals surface area contributed by atoms with Crippen LogP contribution in [0, 0.1) is 0 Å². The highest BCUT2D eigenvalue weighted by atomic mass is 79.9. The largest absolute Gasteiger partial charge is 0.0619 e. The summed E-state index contributed by atoms with van der Waals surface area (Å²) in [6.07, 6.45) is 0. The Kier molecular flexibility index (Phi) is 4.03. The van der Waals surface area contributed by atoms with Crippen molar-refractivity contribution in [2.24, 2.45) is 0 Å². The van der Waals surface area contributed by atoms with Crippen LogP contribution in [0.1, 0.15) is 25.0 Å². The summed E-state index contributed by atoms with van der Waals surface area (Å²) in [6.45, 7) is 4.69. The molecule has 0 radical (unpaired) electrons. The number of hydrogen-bond donors (Lipinski definition) is 0. The first-order chi connectivity index (χ1) is 13.6. The SMILES string of the molecule is CC1(C)c2ccccc2-c2cccc(-c3ccc(-c4ccc(Br)cc4)cc3)c21. The molecule has 0 N–H and O–H groups in total. The normalized spacial score (nSPS) is 13.8. The van der Waals surface area contributed by atoms with Gasteiger partial charge < -0.3 is 0 Å². The van der Waals surface area contributed by atoms with Crippen molar-refractivity contribution >= 4 is 15.9 Å². The van der Waals surface area contributed by atoms with E-state index in [9.17, 15) is 0 Å². The van der Waals surface area contributed by atoms with Crippen LogP contribution in [-0.2, 0) is 5.41 Å². The average Bonchev–Trinajstić information content (AvgIpc) is 2.97. The highest BCUT2D eigenvalue weighted by molar-refractivity contribution is 9.10. The third-order valence-corrected chi connectivity index (χ3v) is 6.48. The van der Waals surface area contributed by atoms with Crippen molar-refractivity contribution in [1.82, 2.24) is 0 Å². The lowest BCUT2D eigenvalue weighted by Crippen LogP contribution is -2.16. The van der Waals surface area contributed by atoms with Crippen molar-refractivity contribution in [1.29, 1.82) is 0 Å². The molecule has 0 aromatic heterocycles. The molecule has 0 aliphatic heterocycles. The van der Waals surface area contributed by atoms with Gasteiger partial charge in [0.05, 0.1) is 0 Å². The Hall–Kier alpha value is -2.64. The van der Waals surface area contributed by atoms with Gasteiger partial charge in [-0.1, -0.05) is 109 Å². The van der Waals surface area contributed by atoms with Crippen LogP contribution in [-0.4, -0.2) is 0 Å². The van der Waals surface area contributed by atoms with E-state index in [4.69, 9.17) is 0 Å². The van der Waals surface area contributed by atoms with E-state index in [1.54, 1.807) is 0 Å². The van der Waals surface area contributed by atoms with E-state index in [1.165, 1.54) is 44.5 Å². The molecule has 1 heteroatoms. The molecule has 28 heavy (non-hydrogen) atoms. The number of benzene rings is 4. The Morgan fingerprint density at radius 3 is 1.79 bits per heavy atom. The van der Waals surface area contributed by atoms with E-state index in [-0.39, 0.29) is 5.41 Å². The van der Waals surface area contributed by atoms with Gasteiger partial charge in [-0.3, -0.25) is 0 Å². The van der Waals surface area contributed by atoms with Crippen LogP contribution < -0.4 is 0 Å². The minimum atomic E-state index is 0.00684. The Balaban J connectivity index is 1.62. The molecule has 0 amide bonds. The number of fused-ring (bicyclic) bond motifs is 3. The second-order valence-corrected chi connectivity index (χ2v) is 8.90. The van der Waals surface area contributed by atoms with Gasteiger partial charge in [-0.15, -0.1) is 0 Å². The molecule has 0 fully saturated rings. The van der Waals surface area contributed by atoms with E-state index in [1.807, 2.05) is 0 Å². The fourth-order valence-corrected chi connectivity index (χ4v) is 4.84. The lowest BCUT2D eigenvalue weighted by molar-refractivity contribution is 0.662. The highest BCUT2D eigenvalue weighted by Gasteiger charge is 2.37. The van der Waals surface area contributed by atoms with Crippen LogP contribution in [0.4, 0.5) is 0 Å². The van der Waals surface area contributed by atoms with Gasteiger partial charge in [0.2, 0.25) is 0 Å². The van der Waals surface area contributed by atoms with E-state index < -0.39 is 0 Å². The van der Waals surface area contributed by atoms with Gasteiger partial charge in [0.25, 0.3) is 0 Å². The zero-order valence-corrected chi connectivity index (χ0v) is 17.6. The summed E-state index contributed by atoms with van der Waals surface area (Å²) in [5, 5.41) is 0. The molecule has 1 aliphatic carbocycles. The molecule has 0 nitrogen and oxygen atoms in total. The second-order valence-electron chi connectivity index (χ2n) is 7.98. The van der Waals surface area contributed by atoms with E-state index >= 15 is 0 Å². The first-order valence-electron chi connectivity index (χ1n) is 9.65. The van der Waals surface area contributed by atoms with Crippen LogP contribution in [0.3, 0.4) is 0 Å². The summed E-state index contributed by atoms with van der Waals surface area (Å²) in [6, 6.07) is 33.0. The van der Waals surface area contributed by atoms with Crippen LogP contribution in [0.5, 0.6) is 0 Å². The minimum absolute atomic E-state index is 0.00684. The fraction of sp³-hybridized carbons (Fsp3) is 0.111. The molecule has 136 valence electrons. The third kappa shape index (κ3) is 2.65. The molecule has 1 aliphatic rings. The molecule has 4 aromatic rings. The number of rotatable bonds is 2. The van der Waals surface area contributed by atoms with Gasteiger partial charge in [-0.2, -0.15) is 0 Å². The van der Waals surface area contributed by atoms with E-state index in [0.717, 1.165) is 4.47 Å². The van der Waals surface area contributed by atoms with Crippen molar-refractivity contribution in [3.8, 4) is 33.4 Å². The lowest BCUT2D eigenvalue weighted by Gasteiger charge is -2.24. The molecule has 4 aromatic carbocycles. The Morgan fingerprint density at radius 2 is 1.07 bits per heavy atom. The molecular formula is C27H21Br. The standard InChI is InChI=1S/C27H21Br/c1-27(2)25-9-4-3-6-23(25)24-8-5-7-22(26(24)27)20-12-10-18(11-13-20)19-14-16-21(28)17-15-19/h3-17H,1-2H3. The lowest BCUT2D eigenvalue weighted by atomic mass is 9.79. The summed E-state index contributed by atoms with van der Waals surface area (Å²) in [7, 11) is 0. The predicted octanol–water partition coefficient (Wildman–Crippen LogP) is 8.09.